The SMILES string of the molecule is O=C(O)CC(NC(=O)[C@H](COCCOCCOC(=O)NCCCCNC(=O)OCCOCCOC[C@H](NC(=O)CCCCNc1ccccn1)C(=O)NC(CC(=O)O)c1cc(Cl)cc(Cl)c1)NC(=O)CCCCNc1ccccn1)c1cc(Cl)cc(Cl)c1. The number of nitrogens with one attached hydrogen (secondary N) is 8. The Morgan fingerprint density at radius 3 is 1.17 bits per heavy atom. The number of aliphatic carboxylic acids is 2. The average Bonchev–Trinajstić information content (AvgIpc) is 3.28. The number of carboxylic acids is 2. The van der Waals surface area contributed by atoms with Crippen LogP contribution in [0.2, 0.25) is 20.1 Å². The molecule has 0 radical (unpaired) electrons. The molecule has 2 heterocycles. The Morgan fingerprint density at radius 1 is 0.443 bits per heavy atom. The maximum atomic E-state index is 13.6. The maximum absolute atomic E-state index is 13.6. The van der Waals surface area contributed by atoms with E-state index in [9.17, 15) is 48.6 Å². The number of carboxylic acid groups (broad SMARTS) is 2. The van der Waals surface area contributed by atoms with Gasteiger partial charge in [-0.1, -0.05) is 58.5 Å². The van der Waals surface area contributed by atoms with Crippen molar-refractivity contribution in [2.24, 2.45) is 0 Å². The van der Waals surface area contributed by atoms with Crippen molar-refractivity contribution in [1.29, 1.82) is 0 Å². The van der Waals surface area contributed by atoms with Crippen molar-refractivity contribution in [3.05, 3.63) is 116 Å². The van der Waals surface area contributed by atoms with E-state index in [0.717, 1.165) is 0 Å². The number of hydrogen-bond acceptors (Lipinski definition) is 18. The molecule has 4 rings (SSSR count). The van der Waals surface area contributed by atoms with Gasteiger partial charge in [0.05, 0.1) is 77.8 Å². The van der Waals surface area contributed by atoms with Gasteiger partial charge in [-0.05, 0) is 110 Å². The van der Waals surface area contributed by atoms with Gasteiger partial charge in [0.2, 0.25) is 23.6 Å². The molecule has 0 aliphatic carbocycles. The van der Waals surface area contributed by atoms with Gasteiger partial charge in [-0.25, -0.2) is 19.6 Å². The van der Waals surface area contributed by atoms with Crippen LogP contribution in [-0.4, -0.2) is 172 Å². The van der Waals surface area contributed by atoms with Crippen molar-refractivity contribution in [3.63, 3.8) is 0 Å². The fourth-order valence-electron chi connectivity index (χ4n) is 8.00. The summed E-state index contributed by atoms with van der Waals surface area (Å²) in [5, 5.41) is 42.4. The van der Waals surface area contributed by atoms with Crippen molar-refractivity contribution in [2.45, 2.75) is 88.4 Å². The lowest BCUT2D eigenvalue weighted by Gasteiger charge is -2.23. The molecule has 4 aromatic rings. The Balaban J connectivity index is 1.06. The van der Waals surface area contributed by atoms with Gasteiger partial charge < -0.3 is 81.2 Å². The molecule has 30 heteroatoms. The van der Waals surface area contributed by atoms with E-state index >= 15 is 0 Å². The molecule has 2 aromatic heterocycles. The number of benzene rings is 2. The predicted octanol–water partition coefficient (Wildman–Crippen LogP) is 6.89. The summed E-state index contributed by atoms with van der Waals surface area (Å²) in [5.41, 5.74) is 0.707. The zero-order valence-corrected chi connectivity index (χ0v) is 51.4. The number of hydrogen-bond donors (Lipinski definition) is 10. The first-order valence-electron chi connectivity index (χ1n) is 28.4. The lowest BCUT2D eigenvalue weighted by atomic mass is 10.0. The van der Waals surface area contributed by atoms with Gasteiger partial charge in [0, 0.05) is 71.5 Å². The van der Waals surface area contributed by atoms with Crippen LogP contribution in [0.25, 0.3) is 0 Å². The largest absolute Gasteiger partial charge is 0.481 e. The number of alkyl carbamates (subject to hydrolysis) is 2. The molecule has 2 aromatic carbocycles. The number of anilines is 2. The van der Waals surface area contributed by atoms with Gasteiger partial charge in [-0.3, -0.25) is 28.8 Å². The third-order valence-corrected chi connectivity index (χ3v) is 13.1. The Hall–Kier alpha value is -7.30. The van der Waals surface area contributed by atoms with Crippen molar-refractivity contribution in [2.75, 3.05) is 103 Å². The molecule has 88 heavy (non-hydrogen) atoms. The highest BCUT2D eigenvalue weighted by molar-refractivity contribution is 6.35. The lowest BCUT2D eigenvalue weighted by molar-refractivity contribution is -0.139. The summed E-state index contributed by atoms with van der Waals surface area (Å²) in [5.74, 6) is -3.22. The number of nitrogens with zero attached hydrogens (tertiary/aromatic N) is 2. The van der Waals surface area contributed by atoms with Gasteiger partial charge >= 0.3 is 24.1 Å². The van der Waals surface area contributed by atoms with Crippen LogP contribution in [0.5, 0.6) is 0 Å². The normalized spacial score (nSPS) is 12.3. The first kappa shape index (κ1) is 73.2. The highest BCUT2D eigenvalue weighted by Crippen LogP contribution is 2.27. The van der Waals surface area contributed by atoms with Crippen LogP contribution in [0.1, 0.15) is 87.4 Å². The van der Waals surface area contributed by atoms with Crippen LogP contribution in [-0.2, 0) is 57.2 Å². The lowest BCUT2D eigenvalue weighted by Crippen LogP contribution is -2.50. The highest BCUT2D eigenvalue weighted by atomic mass is 35.5. The molecule has 0 fully saturated rings. The van der Waals surface area contributed by atoms with E-state index in [1.54, 1.807) is 24.5 Å². The van der Waals surface area contributed by atoms with Crippen molar-refractivity contribution < 1.29 is 77.0 Å². The summed E-state index contributed by atoms with van der Waals surface area (Å²) in [4.78, 5) is 109. The molecule has 0 saturated carbocycles. The molecule has 0 saturated heterocycles. The van der Waals surface area contributed by atoms with Crippen LogP contribution >= 0.6 is 46.4 Å². The van der Waals surface area contributed by atoms with Crippen LogP contribution < -0.4 is 42.5 Å². The molecule has 0 aliphatic heterocycles. The summed E-state index contributed by atoms with van der Waals surface area (Å²) in [7, 11) is 0. The van der Waals surface area contributed by atoms with Crippen LogP contribution in [0, 0.1) is 0 Å². The smallest absolute Gasteiger partial charge is 0.407 e. The highest BCUT2D eigenvalue weighted by Gasteiger charge is 2.28. The number of aromatic nitrogens is 2. The Labute approximate surface area is 529 Å². The zero-order valence-electron chi connectivity index (χ0n) is 48.4. The van der Waals surface area contributed by atoms with Crippen molar-refractivity contribution in [1.82, 2.24) is 41.9 Å². The van der Waals surface area contributed by atoms with Gasteiger partial charge in [0.1, 0.15) is 36.9 Å². The number of halogens is 4. The summed E-state index contributed by atoms with van der Waals surface area (Å²) in [6.07, 6.45) is 4.46. The van der Waals surface area contributed by atoms with E-state index in [2.05, 4.69) is 52.5 Å². The molecule has 10 N–H and O–H groups in total. The third kappa shape index (κ3) is 33.2. The molecule has 4 atom stereocenters. The Morgan fingerprint density at radius 2 is 0.807 bits per heavy atom. The number of carbonyl (C=O) groups excluding carboxylic acids is 6. The number of rotatable bonds is 45. The molecule has 0 bridgehead atoms. The van der Waals surface area contributed by atoms with E-state index in [0.29, 0.717) is 74.4 Å². The standard InChI is InChI=1S/C58H76Cl4N10O16/c59-41-29-39(30-42(60)33-41)45(35-53(75)76)71-55(79)47(69-51(73)13-3-7-17-65-49-11-1-5-15-63-49)37-85-23-21-83-25-27-87-57(81)67-19-9-10-20-68-58(82)88-28-26-84-22-24-86-38-48(70-52(74)14-4-8-18-66-50-12-2-6-16-64-50)56(80)72-46(36-54(77)78)40-31-43(61)34-44(62)32-40/h1-2,5-6,11-12,15-16,29-34,45-48H,3-4,7-10,13-14,17-28,35-38H2,(H,63,65)(H,64,66)(H,67,81)(H,68,82)(H,69,73)(H,70,74)(H,71,79)(H,72,80)(H,75,76)(H,77,78)/t45?,46?,47-,48-/m0/s1. The summed E-state index contributed by atoms with van der Waals surface area (Å²) < 4.78 is 32.6. The predicted molar refractivity (Wildman–Crippen MR) is 327 cm³/mol. The number of pyridine rings is 2. The molecule has 0 aliphatic rings. The minimum Gasteiger partial charge on any atom is -0.481 e. The van der Waals surface area contributed by atoms with E-state index in [-0.39, 0.29) is 112 Å². The number of unbranched alkanes of at least 4 members (excludes halogenated alkanes) is 3. The number of carbonyl (C=O) groups is 8. The van der Waals surface area contributed by atoms with E-state index in [1.807, 2.05) is 24.3 Å². The Kier molecular flexibility index (Phi) is 36.1. The molecular weight excluding hydrogens is 1230 g/mol. The van der Waals surface area contributed by atoms with E-state index < -0.39 is 84.8 Å². The van der Waals surface area contributed by atoms with E-state index in [4.69, 9.17) is 74.8 Å². The molecule has 2 unspecified atom stereocenters. The summed E-state index contributed by atoms with van der Waals surface area (Å²) >= 11 is 24.6. The maximum Gasteiger partial charge on any atom is 0.407 e. The average molecular weight is 1310 g/mol. The third-order valence-electron chi connectivity index (χ3n) is 12.2. The fourth-order valence-corrected chi connectivity index (χ4v) is 9.09. The second-order valence-electron chi connectivity index (χ2n) is 19.4. The first-order chi connectivity index (χ1) is 42.4. The summed E-state index contributed by atoms with van der Waals surface area (Å²) in [6, 6.07) is 15.4. The topological polar surface area (TPSA) is 354 Å². The van der Waals surface area contributed by atoms with Gasteiger partial charge in [-0.2, -0.15) is 0 Å². The van der Waals surface area contributed by atoms with Crippen molar-refractivity contribution in [3.8, 4) is 0 Å². The second kappa shape index (κ2) is 43.4. The van der Waals surface area contributed by atoms with Crippen LogP contribution in [0.4, 0.5) is 21.2 Å². The summed E-state index contributed by atoms with van der Waals surface area (Å²) in [6.45, 7) is 1.06. The molecule has 482 valence electrons. The molecule has 0 spiro atoms. The van der Waals surface area contributed by atoms with Gasteiger partial charge in [0.25, 0.3) is 0 Å². The Bertz CT molecular complexity index is 2560. The van der Waals surface area contributed by atoms with Gasteiger partial charge in [0.15, 0.2) is 0 Å². The van der Waals surface area contributed by atoms with Crippen molar-refractivity contribution >= 4 is 106 Å². The van der Waals surface area contributed by atoms with E-state index in [1.165, 1.54) is 36.4 Å². The molecular formula is C58H76Cl4N10O16. The molecule has 26 nitrogen and oxygen atoms in total. The zero-order chi connectivity index (χ0) is 63.7. The second-order valence-corrected chi connectivity index (χ2v) is 21.1. The minimum atomic E-state index is -1.21. The monoisotopic (exact) mass is 1310 g/mol. The first-order valence-corrected chi connectivity index (χ1v) is 29.9. The van der Waals surface area contributed by atoms with Crippen LogP contribution in [0.3, 0.4) is 0 Å². The molecule has 6 amide bonds. The number of amides is 6. The van der Waals surface area contributed by atoms with Crippen LogP contribution in [0.15, 0.2) is 85.2 Å². The minimum absolute atomic E-state index is 0.00526. The fraction of sp³-hybridized carbons (Fsp3) is 0.483. The number of ether oxygens (including phenoxy) is 6. The van der Waals surface area contributed by atoms with Gasteiger partial charge in [-0.15, -0.1) is 0 Å². The quantitative estimate of drug-likeness (QED) is 0.0201.